The number of aromatic nitrogens is 2. The van der Waals surface area contributed by atoms with Gasteiger partial charge in [-0.1, -0.05) is 12.1 Å². The van der Waals surface area contributed by atoms with E-state index in [0.29, 0.717) is 11.1 Å². The number of imidazole rings is 1. The van der Waals surface area contributed by atoms with Crippen LogP contribution in [0.2, 0.25) is 0 Å². The first-order valence-corrected chi connectivity index (χ1v) is 5.05. The molecule has 1 aromatic carbocycles. The summed E-state index contributed by atoms with van der Waals surface area (Å²) in [6.45, 7) is 0.816. The highest BCUT2D eigenvalue weighted by Gasteiger charge is 2.17. The molecule has 4 heteroatoms. The molecule has 0 atom stereocenters. The Morgan fingerprint density at radius 1 is 1.50 bits per heavy atom. The van der Waals surface area contributed by atoms with Gasteiger partial charge in [0.25, 0.3) is 0 Å². The van der Waals surface area contributed by atoms with Gasteiger partial charge in [-0.15, -0.1) is 0 Å². The van der Waals surface area contributed by atoms with Gasteiger partial charge in [0.2, 0.25) is 0 Å². The summed E-state index contributed by atoms with van der Waals surface area (Å²) in [5.74, 6) is 0.553. The average Bonchev–Trinajstić information content (AvgIpc) is 2.87. The molecule has 4 nitrogen and oxygen atoms in total. The van der Waals surface area contributed by atoms with Crippen molar-refractivity contribution in [3.05, 3.63) is 35.7 Å². The van der Waals surface area contributed by atoms with Crippen LogP contribution in [-0.2, 0) is 11.3 Å². The highest BCUT2D eigenvalue weighted by Crippen LogP contribution is 2.24. The molecule has 0 fully saturated rings. The number of allylic oxidation sites excluding steroid dienone is 1. The van der Waals surface area contributed by atoms with Crippen LogP contribution in [0.25, 0.3) is 17.1 Å². The van der Waals surface area contributed by atoms with Crippen molar-refractivity contribution in [2.24, 2.45) is 0 Å². The minimum absolute atomic E-state index is 0.341. The summed E-state index contributed by atoms with van der Waals surface area (Å²) in [6, 6.07) is 5.55. The highest BCUT2D eigenvalue weighted by atomic mass is 16.5. The number of ether oxygens (including phenoxy) is 1. The quantitative estimate of drug-likeness (QED) is 0.680. The Balaban J connectivity index is 2.32. The second-order valence-electron chi connectivity index (χ2n) is 3.65. The minimum Gasteiger partial charge on any atom is -0.465 e. The lowest BCUT2D eigenvalue weighted by Crippen LogP contribution is -2.02. The molecule has 1 aliphatic heterocycles. The third-order valence-corrected chi connectivity index (χ3v) is 2.77. The fourth-order valence-corrected chi connectivity index (χ4v) is 2.02. The molecule has 0 spiro atoms. The normalized spacial score (nSPS) is 13.1. The summed E-state index contributed by atoms with van der Waals surface area (Å²) in [4.78, 5) is 16.0. The van der Waals surface area contributed by atoms with Crippen LogP contribution in [-0.4, -0.2) is 22.6 Å². The summed E-state index contributed by atoms with van der Waals surface area (Å²) >= 11 is 0. The van der Waals surface area contributed by atoms with E-state index in [9.17, 15) is 4.79 Å². The van der Waals surface area contributed by atoms with Crippen molar-refractivity contribution >= 4 is 23.1 Å². The summed E-state index contributed by atoms with van der Waals surface area (Å²) in [5.41, 5.74) is 2.21. The first kappa shape index (κ1) is 9.15. The van der Waals surface area contributed by atoms with Gasteiger partial charge in [0.15, 0.2) is 0 Å². The molecule has 2 heterocycles. The van der Waals surface area contributed by atoms with E-state index in [-0.39, 0.29) is 5.97 Å². The van der Waals surface area contributed by atoms with Crippen molar-refractivity contribution in [1.82, 2.24) is 9.55 Å². The van der Waals surface area contributed by atoms with Gasteiger partial charge in [-0.2, -0.15) is 0 Å². The molecule has 2 aromatic rings. The molecule has 16 heavy (non-hydrogen) atoms. The Bertz CT molecular complexity index is 611. The zero-order chi connectivity index (χ0) is 11.1. The van der Waals surface area contributed by atoms with Gasteiger partial charge in [-0.3, -0.25) is 0 Å². The number of para-hydroxylation sites is 1. The van der Waals surface area contributed by atoms with Crippen LogP contribution in [0.5, 0.6) is 0 Å². The van der Waals surface area contributed by atoms with Gasteiger partial charge in [0.1, 0.15) is 11.3 Å². The molecule has 0 unspecified atom stereocenters. The molecule has 80 valence electrons. The summed E-state index contributed by atoms with van der Waals surface area (Å²) in [6.07, 6.45) is 4.01. The monoisotopic (exact) mass is 214 g/mol. The van der Waals surface area contributed by atoms with Crippen LogP contribution in [0, 0.1) is 0 Å². The molecular weight excluding hydrogens is 204 g/mol. The molecule has 0 radical (unpaired) electrons. The zero-order valence-corrected chi connectivity index (χ0v) is 8.80. The zero-order valence-electron chi connectivity index (χ0n) is 8.80. The first-order chi connectivity index (χ1) is 7.81. The predicted molar refractivity (Wildman–Crippen MR) is 60.1 cm³/mol. The Labute approximate surface area is 92.2 Å². The third-order valence-electron chi connectivity index (χ3n) is 2.77. The van der Waals surface area contributed by atoms with Crippen molar-refractivity contribution in [2.45, 2.75) is 6.54 Å². The Morgan fingerprint density at radius 2 is 2.38 bits per heavy atom. The number of benzene rings is 1. The van der Waals surface area contributed by atoms with Gasteiger partial charge in [0, 0.05) is 6.54 Å². The number of nitrogens with zero attached hydrogens (tertiary/aromatic N) is 2. The fraction of sp³-hybridized carbons (Fsp3) is 0.167. The van der Waals surface area contributed by atoms with E-state index in [1.807, 2.05) is 24.3 Å². The van der Waals surface area contributed by atoms with Gasteiger partial charge in [-0.25, -0.2) is 9.78 Å². The van der Waals surface area contributed by atoms with Gasteiger partial charge < -0.3 is 9.30 Å². The highest BCUT2D eigenvalue weighted by molar-refractivity contribution is 6.02. The van der Waals surface area contributed by atoms with Crippen molar-refractivity contribution < 1.29 is 9.53 Å². The van der Waals surface area contributed by atoms with E-state index >= 15 is 0 Å². The Hall–Kier alpha value is -2.10. The summed E-state index contributed by atoms with van der Waals surface area (Å²) in [7, 11) is 1.38. The van der Waals surface area contributed by atoms with E-state index in [1.165, 1.54) is 7.11 Å². The maximum atomic E-state index is 11.6. The number of carbonyl (C=O) groups excluding carboxylic acids is 1. The smallest absolute Gasteiger partial charge is 0.340 e. The van der Waals surface area contributed by atoms with Crippen LogP contribution in [0.15, 0.2) is 24.3 Å². The van der Waals surface area contributed by atoms with Gasteiger partial charge in [0.05, 0.1) is 18.2 Å². The second kappa shape index (κ2) is 3.20. The first-order valence-electron chi connectivity index (χ1n) is 5.05. The number of methoxy groups -OCH3 is 1. The third kappa shape index (κ3) is 1.10. The van der Waals surface area contributed by atoms with E-state index in [1.54, 1.807) is 6.07 Å². The van der Waals surface area contributed by atoms with Crippen LogP contribution in [0.4, 0.5) is 0 Å². The van der Waals surface area contributed by atoms with Gasteiger partial charge in [-0.05, 0) is 18.2 Å². The largest absolute Gasteiger partial charge is 0.465 e. The predicted octanol–water partition coefficient (Wildman–Crippen LogP) is 1.85. The maximum Gasteiger partial charge on any atom is 0.340 e. The van der Waals surface area contributed by atoms with Gasteiger partial charge >= 0.3 is 5.97 Å². The van der Waals surface area contributed by atoms with Crippen LogP contribution < -0.4 is 0 Å². The number of rotatable bonds is 1. The summed E-state index contributed by atoms with van der Waals surface area (Å²) in [5, 5.41) is 0. The molecule has 0 N–H and O–H groups in total. The lowest BCUT2D eigenvalue weighted by Gasteiger charge is -2.01. The van der Waals surface area contributed by atoms with Crippen molar-refractivity contribution in [2.75, 3.05) is 7.11 Å². The van der Waals surface area contributed by atoms with E-state index in [4.69, 9.17) is 4.74 Å². The molecular formula is C12H10N2O2. The molecule has 0 saturated heterocycles. The molecule has 0 bridgehead atoms. The molecule has 1 aromatic heterocycles. The fourth-order valence-electron chi connectivity index (χ4n) is 2.02. The summed E-state index contributed by atoms with van der Waals surface area (Å²) < 4.78 is 6.81. The van der Waals surface area contributed by atoms with E-state index in [0.717, 1.165) is 17.9 Å². The van der Waals surface area contributed by atoms with E-state index < -0.39 is 0 Å². The SMILES string of the molecule is COC(=O)c1cccc2c1nc1n2CC=C1. The van der Waals surface area contributed by atoms with Crippen molar-refractivity contribution in [1.29, 1.82) is 0 Å². The molecule has 0 saturated carbocycles. The molecule has 3 rings (SSSR count). The number of fused-ring (bicyclic) bond motifs is 3. The lowest BCUT2D eigenvalue weighted by molar-refractivity contribution is 0.0603. The topological polar surface area (TPSA) is 44.1 Å². The van der Waals surface area contributed by atoms with Crippen LogP contribution in [0.1, 0.15) is 16.2 Å². The molecule has 1 aliphatic rings. The Kier molecular flexibility index (Phi) is 1.83. The van der Waals surface area contributed by atoms with Crippen molar-refractivity contribution in [3.8, 4) is 0 Å². The lowest BCUT2D eigenvalue weighted by atomic mass is 10.2. The average molecular weight is 214 g/mol. The van der Waals surface area contributed by atoms with Crippen LogP contribution >= 0.6 is 0 Å². The maximum absolute atomic E-state index is 11.6. The second-order valence-corrected chi connectivity index (χ2v) is 3.65. The minimum atomic E-state index is -0.341. The van der Waals surface area contributed by atoms with Crippen molar-refractivity contribution in [3.63, 3.8) is 0 Å². The number of carbonyl (C=O) groups is 1. The Morgan fingerprint density at radius 3 is 3.19 bits per heavy atom. The number of hydrogen-bond acceptors (Lipinski definition) is 3. The molecule has 0 aliphatic carbocycles. The van der Waals surface area contributed by atoms with Crippen LogP contribution in [0.3, 0.4) is 0 Å². The standard InChI is InChI=1S/C12H10N2O2/c1-16-12(15)8-4-2-5-9-11(8)13-10-6-3-7-14(9)10/h2-6H,7H2,1H3. The number of esters is 1. The number of hydrogen-bond donors (Lipinski definition) is 0. The van der Waals surface area contributed by atoms with E-state index in [2.05, 4.69) is 9.55 Å². The molecule has 0 amide bonds.